The zero-order valence-electron chi connectivity index (χ0n) is 13.3. The average molecular weight is 319 g/mol. The second kappa shape index (κ2) is 5.96. The van der Waals surface area contributed by atoms with E-state index < -0.39 is 0 Å². The van der Waals surface area contributed by atoms with Crippen LogP contribution in [0.25, 0.3) is 11.3 Å². The molecule has 24 heavy (non-hydrogen) atoms. The molecule has 120 valence electrons. The fourth-order valence-corrected chi connectivity index (χ4v) is 3.47. The van der Waals surface area contributed by atoms with Gasteiger partial charge in [0.05, 0.1) is 19.2 Å². The van der Waals surface area contributed by atoms with Crippen LogP contribution in [0, 0.1) is 5.92 Å². The summed E-state index contributed by atoms with van der Waals surface area (Å²) in [7, 11) is 1.45. The first-order chi connectivity index (χ1) is 11.8. The van der Waals surface area contributed by atoms with Gasteiger partial charge in [-0.15, -0.1) is 0 Å². The van der Waals surface area contributed by atoms with Gasteiger partial charge in [0, 0.05) is 17.4 Å². The third-order valence-corrected chi connectivity index (χ3v) is 4.69. The molecule has 0 amide bonds. The zero-order valence-corrected chi connectivity index (χ0v) is 13.3. The predicted octanol–water partition coefficient (Wildman–Crippen LogP) is 4.01. The molecule has 0 N–H and O–H groups in total. The molecule has 2 aromatic carbocycles. The van der Waals surface area contributed by atoms with Gasteiger partial charge in [0.2, 0.25) is 0 Å². The van der Waals surface area contributed by atoms with E-state index in [1.807, 2.05) is 30.3 Å². The molecule has 4 nitrogen and oxygen atoms in total. The van der Waals surface area contributed by atoms with Gasteiger partial charge >= 0.3 is 5.97 Å². The number of ether oxygens (including phenoxy) is 1. The number of carbonyl (C=O) groups excluding carboxylic acids is 1. The van der Waals surface area contributed by atoms with E-state index in [4.69, 9.17) is 9.15 Å². The molecule has 0 bridgehead atoms. The van der Waals surface area contributed by atoms with Gasteiger partial charge in [-0.1, -0.05) is 54.6 Å². The Kier molecular flexibility index (Phi) is 3.65. The summed E-state index contributed by atoms with van der Waals surface area (Å²) in [5.41, 5.74) is 3.29. The van der Waals surface area contributed by atoms with Gasteiger partial charge in [-0.2, -0.15) is 0 Å². The van der Waals surface area contributed by atoms with Gasteiger partial charge in [0.15, 0.2) is 12.2 Å². The highest BCUT2D eigenvalue weighted by Crippen LogP contribution is 2.60. The Labute approximate surface area is 140 Å². The van der Waals surface area contributed by atoms with Crippen LogP contribution in [-0.2, 0) is 9.53 Å². The van der Waals surface area contributed by atoms with E-state index in [1.54, 1.807) is 6.20 Å². The minimum atomic E-state index is -0.145. The first-order valence-electron chi connectivity index (χ1n) is 7.91. The SMILES string of the molecule is COC(=O)C1C(c2ccccc2)C1c1ccc(-c2cnco2)cc1. The standard InChI is InChI=1S/C20H17NO3/c1-23-20(22)19-17(14-5-3-2-4-6-14)18(19)15-9-7-13(8-10-15)16-11-21-12-24-16/h2-12,17-19H,1H3. The lowest BCUT2D eigenvalue weighted by molar-refractivity contribution is -0.142. The first kappa shape index (κ1) is 14.7. The number of oxazole rings is 1. The molecular formula is C20H17NO3. The Bertz CT molecular complexity index is 825. The molecule has 3 unspecified atom stereocenters. The number of aromatic nitrogens is 1. The molecule has 0 saturated heterocycles. The van der Waals surface area contributed by atoms with Crippen molar-refractivity contribution in [1.82, 2.24) is 4.98 Å². The molecule has 0 spiro atoms. The number of rotatable bonds is 4. The molecule has 1 saturated carbocycles. The lowest BCUT2D eigenvalue weighted by Gasteiger charge is -2.02. The molecule has 0 radical (unpaired) electrons. The highest BCUT2D eigenvalue weighted by molar-refractivity contribution is 5.80. The minimum absolute atomic E-state index is 0.117. The van der Waals surface area contributed by atoms with Crippen LogP contribution in [0.5, 0.6) is 0 Å². The highest BCUT2D eigenvalue weighted by Gasteiger charge is 2.56. The molecule has 4 rings (SSSR count). The topological polar surface area (TPSA) is 52.3 Å². The molecule has 1 fully saturated rings. The third kappa shape index (κ3) is 2.50. The molecule has 1 aliphatic carbocycles. The van der Waals surface area contributed by atoms with Crippen LogP contribution in [0.2, 0.25) is 0 Å². The number of benzene rings is 2. The number of nitrogens with zero attached hydrogens (tertiary/aromatic N) is 1. The quantitative estimate of drug-likeness (QED) is 0.682. The van der Waals surface area contributed by atoms with Crippen molar-refractivity contribution in [2.24, 2.45) is 5.92 Å². The van der Waals surface area contributed by atoms with E-state index in [0.29, 0.717) is 0 Å². The Morgan fingerprint density at radius 3 is 2.25 bits per heavy atom. The number of carbonyl (C=O) groups is 1. The van der Waals surface area contributed by atoms with Gasteiger partial charge in [0.1, 0.15) is 0 Å². The molecule has 4 heteroatoms. The molecule has 1 aliphatic rings. The maximum atomic E-state index is 12.1. The van der Waals surface area contributed by atoms with Crippen molar-refractivity contribution in [1.29, 1.82) is 0 Å². The lowest BCUT2D eigenvalue weighted by Crippen LogP contribution is -2.05. The van der Waals surface area contributed by atoms with Crippen molar-refractivity contribution in [3.8, 4) is 11.3 Å². The summed E-state index contributed by atoms with van der Waals surface area (Å²) in [4.78, 5) is 16.1. The summed E-state index contributed by atoms with van der Waals surface area (Å²) in [5.74, 6) is 0.807. The largest absolute Gasteiger partial charge is 0.469 e. The van der Waals surface area contributed by atoms with Crippen LogP contribution in [0.15, 0.2) is 71.6 Å². The molecule has 3 atom stereocenters. The number of hydrogen-bond acceptors (Lipinski definition) is 4. The summed E-state index contributed by atoms with van der Waals surface area (Å²) < 4.78 is 10.3. The number of methoxy groups -OCH3 is 1. The Morgan fingerprint density at radius 2 is 1.67 bits per heavy atom. The van der Waals surface area contributed by atoms with Gasteiger partial charge in [-0.05, 0) is 11.1 Å². The third-order valence-electron chi connectivity index (χ3n) is 4.69. The van der Waals surface area contributed by atoms with Crippen LogP contribution < -0.4 is 0 Å². The summed E-state index contributed by atoms with van der Waals surface area (Å²) >= 11 is 0. The van der Waals surface area contributed by atoms with Crippen molar-refractivity contribution >= 4 is 5.97 Å². The maximum Gasteiger partial charge on any atom is 0.309 e. The summed E-state index contributed by atoms with van der Waals surface area (Å²) in [6.07, 6.45) is 3.11. The molecule has 0 aliphatic heterocycles. The van der Waals surface area contributed by atoms with E-state index in [0.717, 1.165) is 16.9 Å². The van der Waals surface area contributed by atoms with Crippen molar-refractivity contribution in [3.63, 3.8) is 0 Å². The van der Waals surface area contributed by atoms with E-state index in [1.165, 1.54) is 19.1 Å². The monoisotopic (exact) mass is 319 g/mol. The Hall–Kier alpha value is -2.88. The van der Waals surface area contributed by atoms with Crippen LogP contribution >= 0.6 is 0 Å². The number of hydrogen-bond donors (Lipinski definition) is 0. The fraction of sp³-hybridized carbons (Fsp3) is 0.200. The van der Waals surface area contributed by atoms with Gasteiger partial charge < -0.3 is 9.15 Å². The molecule has 3 aromatic rings. The summed E-state index contributed by atoms with van der Waals surface area (Å²) in [6.45, 7) is 0. The average Bonchev–Trinajstić information content (AvgIpc) is 3.15. The first-order valence-corrected chi connectivity index (χ1v) is 7.91. The van der Waals surface area contributed by atoms with Crippen LogP contribution in [0.4, 0.5) is 0 Å². The smallest absolute Gasteiger partial charge is 0.309 e. The van der Waals surface area contributed by atoms with Crippen molar-refractivity contribution < 1.29 is 13.9 Å². The van der Waals surface area contributed by atoms with Gasteiger partial charge in [0.25, 0.3) is 0 Å². The zero-order chi connectivity index (χ0) is 16.5. The van der Waals surface area contributed by atoms with Crippen LogP contribution in [0.1, 0.15) is 23.0 Å². The summed E-state index contributed by atoms with van der Waals surface area (Å²) in [5, 5.41) is 0. The highest BCUT2D eigenvalue weighted by atomic mass is 16.5. The van der Waals surface area contributed by atoms with E-state index in [2.05, 4.69) is 29.2 Å². The molecule has 1 heterocycles. The van der Waals surface area contributed by atoms with Crippen LogP contribution in [0.3, 0.4) is 0 Å². The fourth-order valence-electron chi connectivity index (χ4n) is 3.47. The Balaban J connectivity index is 1.63. The minimum Gasteiger partial charge on any atom is -0.469 e. The van der Waals surface area contributed by atoms with E-state index in [9.17, 15) is 4.79 Å². The normalized spacial score (nSPS) is 22.1. The second-order valence-corrected chi connectivity index (χ2v) is 6.00. The number of esters is 1. The maximum absolute atomic E-state index is 12.1. The van der Waals surface area contributed by atoms with Gasteiger partial charge in [-0.25, -0.2) is 4.98 Å². The van der Waals surface area contributed by atoms with Crippen molar-refractivity contribution in [3.05, 3.63) is 78.3 Å². The van der Waals surface area contributed by atoms with Gasteiger partial charge in [-0.3, -0.25) is 4.79 Å². The second-order valence-electron chi connectivity index (χ2n) is 6.00. The molecular weight excluding hydrogens is 302 g/mol. The summed E-state index contributed by atoms with van der Waals surface area (Å²) in [6, 6.07) is 18.3. The predicted molar refractivity (Wildman–Crippen MR) is 89.4 cm³/mol. The Morgan fingerprint density at radius 1 is 1.00 bits per heavy atom. The van der Waals surface area contributed by atoms with E-state index in [-0.39, 0.29) is 23.7 Å². The van der Waals surface area contributed by atoms with Crippen molar-refractivity contribution in [2.45, 2.75) is 11.8 Å². The van der Waals surface area contributed by atoms with Crippen LogP contribution in [-0.4, -0.2) is 18.1 Å². The van der Waals surface area contributed by atoms with Crippen molar-refractivity contribution in [2.75, 3.05) is 7.11 Å². The molecule has 1 aromatic heterocycles. The lowest BCUT2D eigenvalue weighted by atomic mass is 10.0. The van der Waals surface area contributed by atoms with E-state index >= 15 is 0 Å².